The van der Waals surface area contributed by atoms with Crippen molar-refractivity contribution in [2.75, 3.05) is 31.7 Å². The normalized spacial score (nSPS) is 20.3. The Morgan fingerprint density at radius 1 is 1.13 bits per heavy atom. The van der Waals surface area contributed by atoms with Crippen LogP contribution in [0, 0.1) is 0 Å². The Balaban J connectivity index is 1.46. The second-order valence-electron chi connectivity index (χ2n) is 5.77. The molecular formula is C17H20N2O3S. The molecule has 2 aromatic rings. The van der Waals surface area contributed by atoms with E-state index >= 15 is 0 Å². The van der Waals surface area contributed by atoms with Crippen molar-refractivity contribution in [3.8, 4) is 22.8 Å². The maximum Gasteiger partial charge on any atom is 0.183 e. The third-order valence-corrected chi connectivity index (χ3v) is 4.85. The number of rotatable bonds is 4. The molecule has 1 fully saturated rings. The summed E-state index contributed by atoms with van der Waals surface area (Å²) < 4.78 is 17.0. The molecule has 0 spiro atoms. The van der Waals surface area contributed by atoms with E-state index in [0.717, 1.165) is 60.3 Å². The first-order valence-electron chi connectivity index (χ1n) is 8.09. The maximum absolute atomic E-state index is 5.75. The van der Waals surface area contributed by atoms with Crippen LogP contribution < -0.4 is 14.8 Å². The zero-order chi connectivity index (χ0) is 15.5. The van der Waals surface area contributed by atoms with Crippen molar-refractivity contribution in [1.82, 2.24) is 4.98 Å². The van der Waals surface area contributed by atoms with Gasteiger partial charge >= 0.3 is 0 Å². The van der Waals surface area contributed by atoms with E-state index in [0.29, 0.717) is 19.3 Å². The van der Waals surface area contributed by atoms with Gasteiger partial charge in [-0.15, -0.1) is 11.3 Å². The van der Waals surface area contributed by atoms with Crippen LogP contribution in [0.15, 0.2) is 23.6 Å². The minimum absolute atomic E-state index is 0.320. The summed E-state index contributed by atoms with van der Waals surface area (Å²) in [4.78, 5) is 4.67. The van der Waals surface area contributed by atoms with Gasteiger partial charge in [0.15, 0.2) is 16.6 Å². The molecule has 6 heteroatoms. The number of anilines is 1. The highest BCUT2D eigenvalue weighted by Crippen LogP contribution is 2.35. The first-order chi connectivity index (χ1) is 11.4. The van der Waals surface area contributed by atoms with E-state index in [1.165, 1.54) is 0 Å². The monoisotopic (exact) mass is 332 g/mol. The van der Waals surface area contributed by atoms with Crippen LogP contribution in [0.3, 0.4) is 0 Å². The molecule has 1 N–H and O–H groups in total. The first-order valence-corrected chi connectivity index (χ1v) is 8.97. The van der Waals surface area contributed by atoms with Crippen molar-refractivity contribution in [2.45, 2.75) is 25.4 Å². The van der Waals surface area contributed by atoms with Crippen LogP contribution in [0.1, 0.15) is 19.3 Å². The van der Waals surface area contributed by atoms with Gasteiger partial charge in [0.05, 0.1) is 25.0 Å². The molecule has 0 amide bonds. The van der Waals surface area contributed by atoms with Gasteiger partial charge < -0.3 is 19.5 Å². The number of hydrogen-bond donors (Lipinski definition) is 1. The van der Waals surface area contributed by atoms with E-state index in [1.54, 1.807) is 11.3 Å². The van der Waals surface area contributed by atoms with Gasteiger partial charge in [0.25, 0.3) is 0 Å². The molecule has 4 rings (SSSR count). The fourth-order valence-electron chi connectivity index (χ4n) is 2.82. The van der Waals surface area contributed by atoms with Crippen LogP contribution >= 0.6 is 11.3 Å². The number of nitrogens with zero attached hydrogens (tertiary/aromatic N) is 1. The summed E-state index contributed by atoms with van der Waals surface area (Å²) in [6.07, 6.45) is 3.53. The van der Waals surface area contributed by atoms with Crippen LogP contribution in [0.4, 0.5) is 5.13 Å². The highest BCUT2D eigenvalue weighted by atomic mass is 32.1. The lowest BCUT2D eigenvalue weighted by molar-refractivity contribution is 0.120. The van der Waals surface area contributed by atoms with Gasteiger partial charge in [-0.1, -0.05) is 0 Å². The Morgan fingerprint density at radius 2 is 2.04 bits per heavy atom. The van der Waals surface area contributed by atoms with Crippen molar-refractivity contribution in [1.29, 1.82) is 0 Å². The lowest BCUT2D eigenvalue weighted by atomic mass is 10.1. The molecule has 1 saturated heterocycles. The van der Waals surface area contributed by atoms with E-state index in [4.69, 9.17) is 14.2 Å². The van der Waals surface area contributed by atoms with Crippen molar-refractivity contribution < 1.29 is 14.2 Å². The number of benzene rings is 1. The van der Waals surface area contributed by atoms with Crippen LogP contribution in [0.2, 0.25) is 0 Å². The molecule has 2 aliphatic rings. The zero-order valence-corrected chi connectivity index (χ0v) is 13.7. The summed E-state index contributed by atoms with van der Waals surface area (Å²) in [6, 6.07) is 6.01. The predicted molar refractivity (Wildman–Crippen MR) is 90.6 cm³/mol. The topological polar surface area (TPSA) is 52.6 Å². The van der Waals surface area contributed by atoms with Gasteiger partial charge in [0.1, 0.15) is 0 Å². The number of nitrogens with one attached hydrogen (secondary N) is 1. The fraction of sp³-hybridized carbons (Fsp3) is 0.471. The van der Waals surface area contributed by atoms with Crippen LogP contribution in [-0.4, -0.2) is 37.5 Å². The third-order valence-electron chi connectivity index (χ3n) is 4.05. The second-order valence-corrected chi connectivity index (χ2v) is 6.62. The molecule has 0 bridgehead atoms. The molecule has 0 aliphatic carbocycles. The van der Waals surface area contributed by atoms with Gasteiger partial charge in [-0.25, -0.2) is 4.98 Å². The van der Waals surface area contributed by atoms with Gasteiger partial charge in [-0.05, 0) is 31.0 Å². The van der Waals surface area contributed by atoms with E-state index < -0.39 is 0 Å². The van der Waals surface area contributed by atoms with E-state index in [2.05, 4.69) is 15.7 Å². The number of thiazole rings is 1. The second kappa shape index (κ2) is 6.76. The molecule has 1 aromatic heterocycles. The van der Waals surface area contributed by atoms with Gasteiger partial charge in [-0.3, -0.25) is 0 Å². The first kappa shape index (κ1) is 14.8. The largest absolute Gasteiger partial charge is 0.490 e. The fourth-order valence-corrected chi connectivity index (χ4v) is 3.55. The predicted octanol–water partition coefficient (Wildman–Crippen LogP) is 3.56. The highest BCUT2D eigenvalue weighted by Gasteiger charge is 2.16. The minimum Gasteiger partial charge on any atom is -0.490 e. The van der Waals surface area contributed by atoms with E-state index in [1.807, 2.05) is 18.2 Å². The molecule has 0 saturated carbocycles. The minimum atomic E-state index is 0.320. The molecule has 1 unspecified atom stereocenters. The smallest absolute Gasteiger partial charge is 0.183 e. The quantitative estimate of drug-likeness (QED) is 0.928. The SMILES string of the molecule is c1cc2c(cc1-c1csc(NCC3CCCO3)n1)OCCCO2. The highest BCUT2D eigenvalue weighted by molar-refractivity contribution is 7.14. The number of ether oxygens (including phenoxy) is 3. The van der Waals surface area contributed by atoms with Crippen LogP contribution in [0.25, 0.3) is 11.3 Å². The summed E-state index contributed by atoms with van der Waals surface area (Å²) in [5, 5.41) is 6.38. The Bertz CT molecular complexity index is 668. The molecule has 0 radical (unpaired) electrons. The molecule has 1 atom stereocenters. The van der Waals surface area contributed by atoms with Gasteiger partial charge in [-0.2, -0.15) is 0 Å². The number of fused-ring (bicyclic) bond motifs is 1. The van der Waals surface area contributed by atoms with E-state index in [-0.39, 0.29) is 0 Å². The molecule has 122 valence electrons. The average molecular weight is 332 g/mol. The molecule has 2 aliphatic heterocycles. The number of aromatic nitrogens is 1. The van der Waals surface area contributed by atoms with Crippen LogP contribution in [0.5, 0.6) is 11.5 Å². The summed E-state index contributed by atoms with van der Waals surface area (Å²) in [5.41, 5.74) is 2.01. The lowest BCUT2D eigenvalue weighted by Gasteiger charge is -2.09. The molecular weight excluding hydrogens is 312 g/mol. The Morgan fingerprint density at radius 3 is 2.91 bits per heavy atom. The summed E-state index contributed by atoms with van der Waals surface area (Å²) in [6.45, 7) is 3.11. The third kappa shape index (κ3) is 3.43. The van der Waals surface area contributed by atoms with E-state index in [9.17, 15) is 0 Å². The standard InChI is InChI=1S/C17H20N2O3S/c1-3-13(20-6-1)10-18-17-19-14(11-23-17)12-4-5-15-16(9-12)22-8-2-7-21-15/h4-5,9,11,13H,1-3,6-8,10H2,(H,18,19). The van der Waals surface area contributed by atoms with Gasteiger partial charge in [0, 0.05) is 30.5 Å². The molecule has 23 heavy (non-hydrogen) atoms. The molecule has 1 aromatic carbocycles. The van der Waals surface area contributed by atoms with Crippen molar-refractivity contribution in [3.05, 3.63) is 23.6 Å². The zero-order valence-electron chi connectivity index (χ0n) is 12.9. The van der Waals surface area contributed by atoms with Crippen molar-refractivity contribution in [3.63, 3.8) is 0 Å². The Hall–Kier alpha value is -1.79. The maximum atomic E-state index is 5.75. The summed E-state index contributed by atoms with van der Waals surface area (Å²) in [7, 11) is 0. The summed E-state index contributed by atoms with van der Waals surface area (Å²) >= 11 is 1.62. The Kier molecular flexibility index (Phi) is 4.35. The summed E-state index contributed by atoms with van der Waals surface area (Å²) in [5.74, 6) is 1.63. The molecule has 5 nitrogen and oxygen atoms in total. The molecule has 3 heterocycles. The Labute approximate surface area is 139 Å². The van der Waals surface area contributed by atoms with Crippen LogP contribution in [-0.2, 0) is 4.74 Å². The lowest BCUT2D eigenvalue weighted by Crippen LogP contribution is -2.18. The van der Waals surface area contributed by atoms with Gasteiger partial charge in [0.2, 0.25) is 0 Å². The van der Waals surface area contributed by atoms with Crippen molar-refractivity contribution >= 4 is 16.5 Å². The average Bonchev–Trinajstić information content (AvgIpc) is 3.20. The van der Waals surface area contributed by atoms with Crippen molar-refractivity contribution in [2.24, 2.45) is 0 Å². The number of hydrogen-bond acceptors (Lipinski definition) is 6.